The molecule has 1 aromatic carbocycles. The normalized spacial score (nSPS) is 16.7. The number of carbonyl (C=O) groups excluding carboxylic acids is 1. The predicted molar refractivity (Wildman–Crippen MR) is 97.6 cm³/mol. The lowest BCUT2D eigenvalue weighted by Gasteiger charge is -2.24. The fourth-order valence-electron chi connectivity index (χ4n) is 3.27. The smallest absolute Gasteiger partial charge is 0.291 e. The van der Waals surface area contributed by atoms with Crippen molar-refractivity contribution in [2.24, 2.45) is 0 Å². The van der Waals surface area contributed by atoms with E-state index in [-0.39, 0.29) is 17.1 Å². The van der Waals surface area contributed by atoms with Crippen molar-refractivity contribution < 1.29 is 13.6 Å². The first-order valence-electron chi connectivity index (χ1n) is 8.22. The minimum Gasteiger partial charge on any atom is -0.467 e. The molecule has 3 heterocycles. The Hall–Kier alpha value is -2.57. The van der Waals surface area contributed by atoms with Gasteiger partial charge in [-0.1, -0.05) is 11.6 Å². The Kier molecular flexibility index (Phi) is 4.09. The van der Waals surface area contributed by atoms with Gasteiger partial charge >= 0.3 is 0 Å². The van der Waals surface area contributed by atoms with Crippen molar-refractivity contribution in [2.75, 3.05) is 27.2 Å². The second-order valence-electron chi connectivity index (χ2n) is 6.53. The molecule has 0 spiro atoms. The molecule has 1 unspecified atom stereocenters. The number of likely N-dealkylation sites (N-methyl/N-ethyl adjacent to an activating group) is 1. The summed E-state index contributed by atoms with van der Waals surface area (Å²) >= 11 is 6.04. The molecule has 0 bridgehead atoms. The molecule has 0 radical (unpaired) electrons. The summed E-state index contributed by atoms with van der Waals surface area (Å²) in [7, 11) is 3.85. The predicted octanol–water partition coefficient (Wildman–Crippen LogP) is 3.15. The van der Waals surface area contributed by atoms with Gasteiger partial charge in [0, 0.05) is 18.1 Å². The molecule has 4 rings (SSSR count). The van der Waals surface area contributed by atoms with E-state index in [4.69, 9.17) is 20.4 Å². The van der Waals surface area contributed by atoms with E-state index in [0.29, 0.717) is 40.4 Å². The third kappa shape index (κ3) is 2.62. The second kappa shape index (κ2) is 6.30. The largest absolute Gasteiger partial charge is 0.467 e. The van der Waals surface area contributed by atoms with Crippen molar-refractivity contribution in [3.63, 3.8) is 0 Å². The van der Waals surface area contributed by atoms with Crippen LogP contribution in [0.4, 0.5) is 0 Å². The summed E-state index contributed by atoms with van der Waals surface area (Å²) in [5.74, 6) is 0.298. The van der Waals surface area contributed by atoms with Gasteiger partial charge in [0.25, 0.3) is 5.91 Å². The van der Waals surface area contributed by atoms with Crippen molar-refractivity contribution in [3.05, 3.63) is 68.9 Å². The maximum atomic E-state index is 13.2. The maximum absolute atomic E-state index is 13.2. The van der Waals surface area contributed by atoms with Crippen LogP contribution in [0.2, 0.25) is 5.02 Å². The van der Waals surface area contributed by atoms with Crippen molar-refractivity contribution in [1.29, 1.82) is 0 Å². The highest BCUT2D eigenvalue weighted by Crippen LogP contribution is 2.38. The summed E-state index contributed by atoms with van der Waals surface area (Å²) in [5, 5.41) is 0.795. The van der Waals surface area contributed by atoms with E-state index in [1.807, 2.05) is 19.0 Å². The number of amides is 1. The number of nitrogens with zero attached hydrogens (tertiary/aromatic N) is 2. The van der Waals surface area contributed by atoms with Crippen molar-refractivity contribution in [2.45, 2.75) is 6.04 Å². The summed E-state index contributed by atoms with van der Waals surface area (Å²) in [5.41, 5.74) is 0.392. The molecule has 1 atom stereocenters. The number of hydrogen-bond acceptors (Lipinski definition) is 5. The Labute approximate surface area is 154 Å². The van der Waals surface area contributed by atoms with Gasteiger partial charge in [-0.15, -0.1) is 0 Å². The lowest BCUT2D eigenvalue weighted by Crippen LogP contribution is -2.35. The van der Waals surface area contributed by atoms with Crippen LogP contribution in [-0.2, 0) is 0 Å². The van der Waals surface area contributed by atoms with Gasteiger partial charge in [-0.25, -0.2) is 0 Å². The topological polar surface area (TPSA) is 66.9 Å². The summed E-state index contributed by atoms with van der Waals surface area (Å²) in [6, 6.07) is 7.70. The molecule has 0 saturated heterocycles. The standard InChI is InChI=1S/C19H17ClN2O4/c1-21(2)7-8-22-16(14-4-3-9-25-14)15-17(23)12-10-11(20)5-6-13(12)26-18(15)19(22)24/h3-6,9-10,16H,7-8H2,1-2H3. The van der Waals surface area contributed by atoms with E-state index in [9.17, 15) is 9.59 Å². The van der Waals surface area contributed by atoms with Crippen LogP contribution in [0.3, 0.4) is 0 Å². The Morgan fingerprint density at radius 2 is 2.04 bits per heavy atom. The van der Waals surface area contributed by atoms with Gasteiger partial charge in [-0.2, -0.15) is 0 Å². The molecule has 0 saturated carbocycles. The Morgan fingerprint density at radius 1 is 1.23 bits per heavy atom. The molecule has 2 aromatic heterocycles. The molecule has 0 N–H and O–H groups in total. The number of carbonyl (C=O) groups is 1. The molecule has 0 fully saturated rings. The van der Waals surface area contributed by atoms with E-state index >= 15 is 0 Å². The lowest BCUT2D eigenvalue weighted by molar-refractivity contribution is 0.0702. The van der Waals surface area contributed by atoms with E-state index in [2.05, 4.69) is 0 Å². The van der Waals surface area contributed by atoms with Gasteiger partial charge in [0.1, 0.15) is 17.4 Å². The second-order valence-corrected chi connectivity index (χ2v) is 6.97. The van der Waals surface area contributed by atoms with Crippen molar-refractivity contribution in [1.82, 2.24) is 9.80 Å². The van der Waals surface area contributed by atoms with E-state index in [1.165, 1.54) is 6.26 Å². The number of halogens is 1. The van der Waals surface area contributed by atoms with Crippen LogP contribution in [0, 0.1) is 0 Å². The first-order valence-corrected chi connectivity index (χ1v) is 8.60. The SMILES string of the molecule is CN(C)CCN1C(=O)c2oc3ccc(Cl)cc3c(=O)c2C1c1ccco1. The number of benzene rings is 1. The van der Waals surface area contributed by atoms with Crippen LogP contribution < -0.4 is 5.43 Å². The maximum Gasteiger partial charge on any atom is 0.291 e. The zero-order valence-electron chi connectivity index (χ0n) is 14.4. The van der Waals surface area contributed by atoms with Gasteiger partial charge in [-0.05, 0) is 44.4 Å². The molecule has 134 valence electrons. The van der Waals surface area contributed by atoms with Crippen LogP contribution in [0.5, 0.6) is 0 Å². The molecule has 1 aliphatic heterocycles. The van der Waals surface area contributed by atoms with Gasteiger partial charge in [0.2, 0.25) is 5.76 Å². The molecule has 6 nitrogen and oxygen atoms in total. The lowest BCUT2D eigenvalue weighted by atomic mass is 10.0. The minimum absolute atomic E-state index is 0.0741. The zero-order chi connectivity index (χ0) is 18.4. The van der Waals surface area contributed by atoms with Crippen molar-refractivity contribution in [3.8, 4) is 0 Å². The van der Waals surface area contributed by atoms with Crippen LogP contribution >= 0.6 is 11.6 Å². The number of hydrogen-bond donors (Lipinski definition) is 0. The average molecular weight is 373 g/mol. The third-order valence-corrected chi connectivity index (χ3v) is 4.76. The minimum atomic E-state index is -0.605. The summed E-state index contributed by atoms with van der Waals surface area (Å²) in [4.78, 5) is 29.7. The van der Waals surface area contributed by atoms with Crippen molar-refractivity contribution >= 4 is 28.5 Å². The van der Waals surface area contributed by atoms with Gasteiger partial charge < -0.3 is 18.6 Å². The molecular weight excluding hydrogens is 356 g/mol. The summed E-state index contributed by atoms with van der Waals surface area (Å²) in [6.45, 7) is 1.09. The highest BCUT2D eigenvalue weighted by molar-refractivity contribution is 6.31. The first kappa shape index (κ1) is 16.9. The van der Waals surface area contributed by atoms with Crippen LogP contribution in [0.1, 0.15) is 27.9 Å². The zero-order valence-corrected chi connectivity index (χ0v) is 15.1. The highest BCUT2D eigenvalue weighted by Gasteiger charge is 2.43. The molecule has 7 heteroatoms. The Balaban J connectivity index is 1.94. The van der Waals surface area contributed by atoms with Gasteiger partial charge in [0.05, 0.1) is 17.2 Å². The van der Waals surface area contributed by atoms with E-state index < -0.39 is 6.04 Å². The number of rotatable bonds is 4. The molecular formula is C19H17ClN2O4. The fraction of sp³-hybridized carbons (Fsp3) is 0.263. The molecule has 1 aliphatic rings. The highest BCUT2D eigenvalue weighted by atomic mass is 35.5. The van der Waals surface area contributed by atoms with Crippen LogP contribution in [-0.4, -0.2) is 42.9 Å². The summed E-state index contributed by atoms with van der Waals surface area (Å²) < 4.78 is 11.3. The third-order valence-electron chi connectivity index (χ3n) is 4.53. The Bertz CT molecular complexity index is 1040. The molecule has 3 aromatic rings. The fourth-order valence-corrected chi connectivity index (χ4v) is 3.45. The van der Waals surface area contributed by atoms with E-state index in [0.717, 1.165) is 0 Å². The van der Waals surface area contributed by atoms with Gasteiger partial charge in [0.15, 0.2) is 5.43 Å². The molecule has 26 heavy (non-hydrogen) atoms. The van der Waals surface area contributed by atoms with E-state index in [1.54, 1.807) is 35.2 Å². The molecule has 1 amide bonds. The van der Waals surface area contributed by atoms with Crippen LogP contribution in [0.15, 0.2) is 50.2 Å². The Morgan fingerprint density at radius 3 is 2.73 bits per heavy atom. The van der Waals surface area contributed by atoms with Gasteiger partial charge in [-0.3, -0.25) is 9.59 Å². The molecule has 0 aliphatic carbocycles. The number of furan rings is 1. The average Bonchev–Trinajstić information content (AvgIpc) is 3.21. The number of fused-ring (bicyclic) bond motifs is 2. The first-order chi connectivity index (χ1) is 12.5. The van der Waals surface area contributed by atoms with Crippen LogP contribution in [0.25, 0.3) is 11.0 Å². The quantitative estimate of drug-likeness (QED) is 0.703. The monoisotopic (exact) mass is 372 g/mol. The summed E-state index contributed by atoms with van der Waals surface area (Å²) in [6.07, 6.45) is 1.53.